The van der Waals surface area contributed by atoms with Crippen LogP contribution in [0, 0.1) is 5.92 Å². The minimum Gasteiger partial charge on any atom is -0.391 e. The fourth-order valence-electron chi connectivity index (χ4n) is 3.23. The van der Waals surface area contributed by atoms with E-state index < -0.39 is 0 Å². The molecule has 2 fully saturated rings. The number of carbonyl (C=O) groups is 1. The van der Waals surface area contributed by atoms with Gasteiger partial charge in [-0.2, -0.15) is 0 Å². The summed E-state index contributed by atoms with van der Waals surface area (Å²) in [6, 6.07) is -0.0602. The average molecular weight is 254 g/mol. The summed E-state index contributed by atoms with van der Waals surface area (Å²) in [7, 11) is 0. The largest absolute Gasteiger partial charge is 0.391 e. The Labute approximate surface area is 109 Å². The first kappa shape index (κ1) is 13.8. The Morgan fingerprint density at radius 2 is 1.67 bits per heavy atom. The van der Waals surface area contributed by atoms with Crippen LogP contribution < -0.4 is 11.1 Å². The van der Waals surface area contributed by atoms with Crippen molar-refractivity contribution in [1.29, 1.82) is 0 Å². The van der Waals surface area contributed by atoms with Gasteiger partial charge in [-0.25, -0.2) is 0 Å². The van der Waals surface area contributed by atoms with E-state index in [0.29, 0.717) is 0 Å². The van der Waals surface area contributed by atoms with Crippen LogP contribution in [0.5, 0.6) is 0 Å². The van der Waals surface area contributed by atoms with E-state index >= 15 is 0 Å². The lowest BCUT2D eigenvalue weighted by atomic mass is 9.90. The van der Waals surface area contributed by atoms with Gasteiger partial charge in [0.15, 0.2) is 0 Å². The molecule has 1 amide bonds. The van der Waals surface area contributed by atoms with Crippen molar-refractivity contribution in [2.24, 2.45) is 11.7 Å². The number of hydrogen-bond acceptors (Lipinski definition) is 3. The molecule has 0 aliphatic heterocycles. The van der Waals surface area contributed by atoms with Crippen molar-refractivity contribution in [1.82, 2.24) is 5.32 Å². The molecule has 0 aromatic rings. The standard InChI is InChI=1S/C14H26N2O2/c15-11-7-3-1-2-6-10(11)14(18)16-12-8-4-5-9-13(12)17/h10-13,17H,1-9,15H2,(H,16,18)/t10?,11?,12-,13-/m1/s1. The van der Waals surface area contributed by atoms with Crippen LogP contribution in [-0.2, 0) is 4.79 Å². The Morgan fingerprint density at radius 1 is 1.00 bits per heavy atom. The summed E-state index contributed by atoms with van der Waals surface area (Å²) in [5, 5.41) is 12.9. The van der Waals surface area contributed by atoms with Crippen LogP contribution in [0.3, 0.4) is 0 Å². The highest BCUT2D eigenvalue weighted by atomic mass is 16.3. The minimum absolute atomic E-state index is 0.00627. The van der Waals surface area contributed by atoms with Gasteiger partial charge in [-0.15, -0.1) is 0 Å². The van der Waals surface area contributed by atoms with Gasteiger partial charge in [0, 0.05) is 6.04 Å². The van der Waals surface area contributed by atoms with Gasteiger partial charge < -0.3 is 16.2 Å². The Hall–Kier alpha value is -0.610. The zero-order valence-corrected chi connectivity index (χ0v) is 11.1. The molecule has 2 saturated carbocycles. The molecule has 18 heavy (non-hydrogen) atoms. The van der Waals surface area contributed by atoms with Gasteiger partial charge in [-0.05, 0) is 25.7 Å². The van der Waals surface area contributed by atoms with Gasteiger partial charge in [0.05, 0.1) is 18.1 Å². The van der Waals surface area contributed by atoms with Crippen molar-refractivity contribution < 1.29 is 9.90 Å². The second-order valence-electron chi connectivity index (χ2n) is 5.88. The van der Waals surface area contributed by atoms with Crippen LogP contribution >= 0.6 is 0 Å². The molecule has 0 aromatic carbocycles. The summed E-state index contributed by atoms with van der Waals surface area (Å²) in [6.45, 7) is 0. The molecular weight excluding hydrogens is 228 g/mol. The van der Waals surface area contributed by atoms with E-state index in [9.17, 15) is 9.90 Å². The third kappa shape index (κ3) is 3.45. The summed E-state index contributed by atoms with van der Waals surface area (Å²) < 4.78 is 0. The molecule has 0 spiro atoms. The summed E-state index contributed by atoms with van der Waals surface area (Å²) in [5.41, 5.74) is 6.10. The first-order valence-corrected chi connectivity index (χ1v) is 7.42. The van der Waals surface area contributed by atoms with Crippen LogP contribution in [0.2, 0.25) is 0 Å². The van der Waals surface area contributed by atoms with E-state index in [2.05, 4.69) is 5.32 Å². The monoisotopic (exact) mass is 254 g/mol. The van der Waals surface area contributed by atoms with Crippen LogP contribution in [0.25, 0.3) is 0 Å². The number of carbonyl (C=O) groups excluding carboxylic acids is 1. The highest BCUT2D eigenvalue weighted by Gasteiger charge is 2.31. The number of aliphatic hydroxyl groups is 1. The molecule has 2 unspecified atom stereocenters. The van der Waals surface area contributed by atoms with E-state index in [1.54, 1.807) is 0 Å². The highest BCUT2D eigenvalue weighted by molar-refractivity contribution is 5.79. The van der Waals surface area contributed by atoms with Gasteiger partial charge in [0.2, 0.25) is 5.91 Å². The predicted octanol–water partition coefficient (Wildman–Crippen LogP) is 1.31. The minimum atomic E-state index is -0.371. The molecule has 2 aliphatic carbocycles. The fraction of sp³-hybridized carbons (Fsp3) is 0.929. The number of rotatable bonds is 2. The van der Waals surface area contributed by atoms with Crippen molar-refractivity contribution in [3.05, 3.63) is 0 Å². The van der Waals surface area contributed by atoms with Crippen molar-refractivity contribution in [3.63, 3.8) is 0 Å². The molecule has 0 heterocycles. The van der Waals surface area contributed by atoms with Gasteiger partial charge in [-0.1, -0.05) is 32.1 Å². The van der Waals surface area contributed by atoms with Crippen molar-refractivity contribution in [3.8, 4) is 0 Å². The Kier molecular flexibility index (Phi) is 5.01. The smallest absolute Gasteiger partial charge is 0.224 e. The third-order valence-electron chi connectivity index (χ3n) is 4.46. The first-order valence-electron chi connectivity index (χ1n) is 7.42. The molecule has 4 heteroatoms. The topological polar surface area (TPSA) is 75.4 Å². The second kappa shape index (κ2) is 6.53. The maximum Gasteiger partial charge on any atom is 0.224 e. The Balaban J connectivity index is 1.89. The molecule has 4 N–H and O–H groups in total. The molecule has 0 aromatic heterocycles. The summed E-state index contributed by atoms with van der Waals surface area (Å²) in [5.74, 6) is 0.0111. The lowest BCUT2D eigenvalue weighted by molar-refractivity contribution is -0.127. The molecular formula is C14H26N2O2. The highest BCUT2D eigenvalue weighted by Crippen LogP contribution is 2.24. The van der Waals surface area contributed by atoms with Crippen LogP contribution in [-0.4, -0.2) is 29.2 Å². The van der Waals surface area contributed by atoms with E-state index in [4.69, 9.17) is 5.73 Å². The summed E-state index contributed by atoms with van der Waals surface area (Å²) >= 11 is 0. The maximum atomic E-state index is 12.3. The van der Waals surface area contributed by atoms with Gasteiger partial charge in [0.1, 0.15) is 0 Å². The number of hydrogen-bond donors (Lipinski definition) is 3. The Morgan fingerprint density at radius 3 is 2.44 bits per heavy atom. The number of amides is 1. The second-order valence-corrected chi connectivity index (χ2v) is 5.88. The van der Waals surface area contributed by atoms with Gasteiger partial charge >= 0.3 is 0 Å². The number of nitrogens with two attached hydrogens (primary N) is 1. The predicted molar refractivity (Wildman–Crippen MR) is 71.0 cm³/mol. The SMILES string of the molecule is NC1CCCCCC1C(=O)N[C@@H]1CCCC[C@H]1O. The Bertz CT molecular complexity index is 283. The molecule has 0 bridgehead atoms. The molecule has 4 nitrogen and oxygen atoms in total. The van der Waals surface area contributed by atoms with Gasteiger partial charge in [-0.3, -0.25) is 4.79 Å². The molecule has 2 rings (SSSR count). The summed E-state index contributed by atoms with van der Waals surface area (Å²) in [6.07, 6.45) is 8.76. The van der Waals surface area contributed by atoms with Crippen LogP contribution in [0.15, 0.2) is 0 Å². The molecule has 4 atom stereocenters. The first-order chi connectivity index (χ1) is 8.68. The number of aliphatic hydroxyl groups excluding tert-OH is 1. The zero-order valence-electron chi connectivity index (χ0n) is 11.1. The van der Waals surface area contributed by atoms with Gasteiger partial charge in [0.25, 0.3) is 0 Å². The van der Waals surface area contributed by atoms with Crippen molar-refractivity contribution in [2.75, 3.05) is 0 Å². The maximum absolute atomic E-state index is 12.3. The average Bonchev–Trinajstić information content (AvgIpc) is 2.57. The van der Waals surface area contributed by atoms with E-state index in [-0.39, 0.29) is 30.0 Å². The molecule has 0 radical (unpaired) electrons. The van der Waals surface area contributed by atoms with Crippen LogP contribution in [0.4, 0.5) is 0 Å². The fourth-order valence-corrected chi connectivity index (χ4v) is 3.23. The van der Waals surface area contributed by atoms with E-state index in [0.717, 1.165) is 51.4 Å². The lowest BCUT2D eigenvalue weighted by Crippen LogP contribution is -2.50. The zero-order chi connectivity index (χ0) is 13.0. The quantitative estimate of drug-likeness (QED) is 0.650. The van der Waals surface area contributed by atoms with E-state index in [1.807, 2.05) is 0 Å². The molecule has 104 valence electrons. The van der Waals surface area contributed by atoms with Crippen molar-refractivity contribution >= 4 is 5.91 Å². The normalized spacial score (nSPS) is 37.9. The molecule has 0 saturated heterocycles. The summed E-state index contributed by atoms with van der Waals surface area (Å²) in [4.78, 5) is 12.3. The lowest BCUT2D eigenvalue weighted by Gasteiger charge is -2.30. The number of nitrogens with one attached hydrogen (secondary N) is 1. The van der Waals surface area contributed by atoms with Crippen LogP contribution in [0.1, 0.15) is 57.8 Å². The van der Waals surface area contributed by atoms with Crippen molar-refractivity contribution in [2.45, 2.75) is 76.0 Å². The van der Waals surface area contributed by atoms with E-state index in [1.165, 1.54) is 6.42 Å². The molecule has 2 aliphatic rings. The third-order valence-corrected chi connectivity index (χ3v) is 4.46.